The van der Waals surface area contributed by atoms with E-state index in [9.17, 15) is 18.0 Å². The number of methoxy groups -OCH3 is 1. The molecule has 1 aromatic rings. The summed E-state index contributed by atoms with van der Waals surface area (Å²) in [6, 6.07) is 6.54. The van der Waals surface area contributed by atoms with Gasteiger partial charge in [-0.3, -0.25) is 9.69 Å². The van der Waals surface area contributed by atoms with Crippen LogP contribution in [-0.4, -0.2) is 55.5 Å². The fourth-order valence-corrected chi connectivity index (χ4v) is 1.62. The van der Waals surface area contributed by atoms with Gasteiger partial charge in [0.05, 0.1) is 20.2 Å². The highest BCUT2D eigenvalue weighted by atomic mass is 19.4. The first kappa shape index (κ1) is 17.1. The summed E-state index contributed by atoms with van der Waals surface area (Å²) in [7, 11) is 1.51. The summed E-state index contributed by atoms with van der Waals surface area (Å²) >= 11 is 0. The third-order valence-electron chi connectivity index (χ3n) is 2.50. The lowest BCUT2D eigenvalue weighted by Crippen LogP contribution is -2.40. The number of nitrogens with zero attached hydrogens (tertiary/aromatic N) is 1. The minimum absolute atomic E-state index is 0.0459. The van der Waals surface area contributed by atoms with Crippen LogP contribution in [0.2, 0.25) is 0 Å². The second-order valence-corrected chi connectivity index (χ2v) is 4.24. The number of rotatable bonds is 8. The maximum atomic E-state index is 12.3. The number of ether oxygens (including phenoxy) is 2. The summed E-state index contributed by atoms with van der Waals surface area (Å²) in [5.41, 5.74) is 0. The van der Waals surface area contributed by atoms with Gasteiger partial charge in [0.2, 0.25) is 0 Å². The molecular formula is C13H16F3NO4. The summed E-state index contributed by atoms with van der Waals surface area (Å²) in [5.74, 6) is -0.214. The maximum absolute atomic E-state index is 12.3. The lowest BCUT2D eigenvalue weighted by Gasteiger charge is -2.21. The van der Waals surface area contributed by atoms with Gasteiger partial charge < -0.3 is 14.6 Å². The van der Waals surface area contributed by atoms with Crippen molar-refractivity contribution in [1.82, 2.24) is 4.90 Å². The van der Waals surface area contributed by atoms with Gasteiger partial charge in [-0.1, -0.05) is 0 Å². The Balaban J connectivity index is 2.46. The van der Waals surface area contributed by atoms with E-state index in [2.05, 4.69) is 0 Å². The average molecular weight is 307 g/mol. The highest BCUT2D eigenvalue weighted by Crippen LogP contribution is 2.18. The molecule has 0 spiro atoms. The molecule has 1 aromatic carbocycles. The van der Waals surface area contributed by atoms with Crippen LogP contribution in [0, 0.1) is 0 Å². The summed E-state index contributed by atoms with van der Waals surface area (Å²) in [6.07, 6.45) is -4.45. The molecule has 118 valence electrons. The van der Waals surface area contributed by atoms with Gasteiger partial charge in [0.15, 0.2) is 0 Å². The van der Waals surface area contributed by atoms with Gasteiger partial charge in [-0.2, -0.15) is 13.2 Å². The topological polar surface area (TPSA) is 59.0 Å². The lowest BCUT2D eigenvalue weighted by molar-refractivity contribution is -0.154. The molecule has 8 heteroatoms. The normalized spacial score (nSPS) is 11.5. The van der Waals surface area contributed by atoms with Crippen LogP contribution in [0.3, 0.4) is 0 Å². The number of hydrogen-bond acceptors (Lipinski definition) is 4. The monoisotopic (exact) mass is 307 g/mol. The fourth-order valence-electron chi connectivity index (χ4n) is 1.62. The predicted molar refractivity (Wildman–Crippen MR) is 68.6 cm³/mol. The van der Waals surface area contributed by atoms with E-state index in [-0.39, 0.29) is 13.2 Å². The largest absolute Gasteiger partial charge is 0.497 e. The van der Waals surface area contributed by atoms with Gasteiger partial charge in [-0.15, -0.1) is 0 Å². The number of hydrogen-bond donors (Lipinski definition) is 1. The number of halogens is 3. The van der Waals surface area contributed by atoms with Gasteiger partial charge in [0.25, 0.3) is 0 Å². The Morgan fingerprint density at radius 1 is 1.24 bits per heavy atom. The van der Waals surface area contributed by atoms with Gasteiger partial charge in [0, 0.05) is 6.54 Å². The van der Waals surface area contributed by atoms with Crippen molar-refractivity contribution < 1.29 is 32.5 Å². The maximum Gasteiger partial charge on any atom is 0.401 e. The van der Waals surface area contributed by atoms with Crippen molar-refractivity contribution in [2.75, 3.05) is 33.4 Å². The Hall–Kier alpha value is -1.96. The van der Waals surface area contributed by atoms with E-state index in [0.29, 0.717) is 11.5 Å². The molecule has 0 aliphatic carbocycles. The van der Waals surface area contributed by atoms with Crippen LogP contribution < -0.4 is 9.47 Å². The van der Waals surface area contributed by atoms with E-state index < -0.39 is 25.2 Å². The zero-order valence-electron chi connectivity index (χ0n) is 11.4. The molecule has 0 aromatic heterocycles. The molecule has 0 bridgehead atoms. The highest BCUT2D eigenvalue weighted by Gasteiger charge is 2.31. The molecule has 0 heterocycles. The Kier molecular flexibility index (Phi) is 6.29. The van der Waals surface area contributed by atoms with Gasteiger partial charge in [-0.25, -0.2) is 0 Å². The van der Waals surface area contributed by atoms with Gasteiger partial charge in [0.1, 0.15) is 18.1 Å². The Morgan fingerprint density at radius 3 is 2.29 bits per heavy atom. The van der Waals surface area contributed by atoms with E-state index in [0.717, 1.165) is 4.90 Å². The second-order valence-electron chi connectivity index (χ2n) is 4.24. The van der Waals surface area contributed by atoms with Crippen molar-refractivity contribution >= 4 is 5.97 Å². The molecule has 0 aliphatic heterocycles. The SMILES string of the molecule is COc1ccc(OCCN(CC(=O)O)CC(F)(F)F)cc1. The minimum Gasteiger partial charge on any atom is -0.497 e. The number of carbonyl (C=O) groups is 1. The molecule has 0 atom stereocenters. The van der Waals surface area contributed by atoms with Crippen molar-refractivity contribution in [2.45, 2.75) is 6.18 Å². The zero-order chi connectivity index (χ0) is 15.9. The summed E-state index contributed by atoms with van der Waals surface area (Å²) < 4.78 is 47.1. The van der Waals surface area contributed by atoms with Crippen LogP contribution in [0.1, 0.15) is 0 Å². The third-order valence-corrected chi connectivity index (χ3v) is 2.50. The lowest BCUT2D eigenvalue weighted by atomic mass is 10.3. The van der Waals surface area contributed by atoms with E-state index in [4.69, 9.17) is 14.6 Å². The van der Waals surface area contributed by atoms with Crippen molar-refractivity contribution in [3.05, 3.63) is 24.3 Å². The molecule has 1 rings (SSSR count). The van der Waals surface area contributed by atoms with E-state index in [1.807, 2.05) is 0 Å². The van der Waals surface area contributed by atoms with Crippen LogP contribution in [0.4, 0.5) is 13.2 Å². The van der Waals surface area contributed by atoms with Crippen LogP contribution in [-0.2, 0) is 4.79 Å². The molecule has 1 N–H and O–H groups in total. The first-order valence-electron chi connectivity index (χ1n) is 6.08. The first-order valence-corrected chi connectivity index (χ1v) is 6.08. The summed E-state index contributed by atoms with van der Waals surface area (Å²) in [5, 5.41) is 8.59. The minimum atomic E-state index is -4.45. The molecule has 21 heavy (non-hydrogen) atoms. The first-order chi connectivity index (χ1) is 9.80. The molecular weight excluding hydrogens is 291 g/mol. The number of aliphatic carboxylic acids is 1. The number of alkyl halides is 3. The smallest absolute Gasteiger partial charge is 0.401 e. The highest BCUT2D eigenvalue weighted by molar-refractivity contribution is 5.69. The van der Waals surface area contributed by atoms with E-state index >= 15 is 0 Å². The van der Waals surface area contributed by atoms with Crippen molar-refractivity contribution in [2.24, 2.45) is 0 Å². The molecule has 0 radical (unpaired) electrons. The van der Waals surface area contributed by atoms with Crippen LogP contribution >= 0.6 is 0 Å². The number of benzene rings is 1. The third kappa shape index (κ3) is 7.40. The second kappa shape index (κ2) is 7.72. The molecule has 0 aliphatic rings. The standard InChI is InChI=1S/C13H16F3NO4/c1-20-10-2-4-11(5-3-10)21-7-6-17(8-12(18)19)9-13(14,15)16/h2-5H,6-9H2,1H3,(H,18,19). The molecule has 0 saturated heterocycles. The Morgan fingerprint density at radius 2 is 1.81 bits per heavy atom. The number of carboxylic acids is 1. The van der Waals surface area contributed by atoms with Crippen LogP contribution in [0.5, 0.6) is 11.5 Å². The van der Waals surface area contributed by atoms with Gasteiger partial charge >= 0.3 is 12.1 Å². The quantitative estimate of drug-likeness (QED) is 0.796. The summed E-state index contributed by atoms with van der Waals surface area (Å²) in [6.45, 7) is -2.16. The molecule has 0 fully saturated rings. The average Bonchev–Trinajstić information content (AvgIpc) is 2.37. The Labute approximate surface area is 119 Å². The van der Waals surface area contributed by atoms with Crippen molar-refractivity contribution in [3.63, 3.8) is 0 Å². The van der Waals surface area contributed by atoms with Crippen molar-refractivity contribution in [1.29, 1.82) is 0 Å². The zero-order valence-corrected chi connectivity index (χ0v) is 11.4. The van der Waals surface area contributed by atoms with Crippen molar-refractivity contribution in [3.8, 4) is 11.5 Å². The van der Waals surface area contributed by atoms with Gasteiger partial charge in [-0.05, 0) is 24.3 Å². The predicted octanol–water partition coefficient (Wildman–Crippen LogP) is 2.02. The molecule has 0 unspecified atom stereocenters. The van der Waals surface area contributed by atoms with E-state index in [1.165, 1.54) is 7.11 Å². The van der Waals surface area contributed by atoms with Crippen LogP contribution in [0.15, 0.2) is 24.3 Å². The molecule has 0 saturated carbocycles. The summed E-state index contributed by atoms with van der Waals surface area (Å²) in [4.78, 5) is 11.3. The Bertz CT molecular complexity index is 448. The van der Waals surface area contributed by atoms with E-state index in [1.54, 1.807) is 24.3 Å². The molecule has 0 amide bonds. The van der Waals surface area contributed by atoms with Crippen LogP contribution in [0.25, 0.3) is 0 Å². The fraction of sp³-hybridized carbons (Fsp3) is 0.462. The molecule has 5 nitrogen and oxygen atoms in total. The number of carboxylic acid groups (broad SMARTS) is 1.